The predicted molar refractivity (Wildman–Crippen MR) is 43.9 cm³/mol. The maximum Gasteiger partial charge on any atom is 0.116 e. The van der Waals surface area contributed by atoms with E-state index in [1.165, 1.54) is 12.1 Å². The van der Waals surface area contributed by atoms with Crippen LogP contribution in [0.5, 0.6) is 5.75 Å². The Balaban J connectivity index is 3.26. The molecule has 0 aliphatic rings. The molecule has 0 saturated carbocycles. The van der Waals surface area contributed by atoms with Gasteiger partial charge in [-0.05, 0) is 18.2 Å². The summed E-state index contributed by atoms with van der Waals surface area (Å²) in [6, 6.07) is 4.55. The van der Waals surface area contributed by atoms with E-state index in [1.807, 2.05) is 0 Å². The van der Waals surface area contributed by atoms with E-state index in [2.05, 4.69) is 0 Å². The molecular weight excluding hydrogens is 140 g/mol. The van der Waals surface area contributed by atoms with Crippen molar-refractivity contribution in [3.8, 4) is 5.75 Å². The van der Waals surface area contributed by atoms with Crippen molar-refractivity contribution in [2.45, 2.75) is 0 Å². The van der Waals surface area contributed by atoms with Crippen LogP contribution in [-0.4, -0.2) is 17.5 Å². The van der Waals surface area contributed by atoms with E-state index in [0.29, 0.717) is 11.1 Å². The lowest BCUT2D eigenvalue weighted by Gasteiger charge is -1.98. The van der Waals surface area contributed by atoms with Gasteiger partial charge in [-0.3, -0.25) is 0 Å². The predicted octanol–water partition coefficient (Wildman–Crippen LogP) is 1.39. The van der Waals surface area contributed by atoms with Crippen molar-refractivity contribution in [3.05, 3.63) is 29.3 Å². The van der Waals surface area contributed by atoms with Gasteiger partial charge in [-0.15, -0.1) is 0 Å². The van der Waals surface area contributed by atoms with Crippen LogP contribution in [0.25, 0.3) is 0 Å². The van der Waals surface area contributed by atoms with E-state index in [1.54, 1.807) is 6.07 Å². The minimum Gasteiger partial charge on any atom is -0.508 e. The maximum absolute atomic E-state index is 8.99. The topological polar surface area (TPSA) is 67.9 Å². The number of aromatic hydroxyl groups is 1. The highest BCUT2D eigenvalue weighted by atomic mass is 16.3. The molecule has 0 saturated heterocycles. The van der Waals surface area contributed by atoms with Crippen LogP contribution in [0.15, 0.2) is 18.2 Å². The fraction of sp³-hybridized carbons (Fsp3) is 0. The number of phenols is 1. The Morgan fingerprint density at radius 1 is 1.09 bits per heavy atom. The molecule has 3 heteroatoms. The molecule has 0 aromatic heterocycles. The third-order valence-electron chi connectivity index (χ3n) is 1.38. The zero-order valence-corrected chi connectivity index (χ0v) is 5.83. The Labute approximate surface area is 64.3 Å². The Morgan fingerprint density at radius 3 is 2.27 bits per heavy atom. The van der Waals surface area contributed by atoms with Gasteiger partial charge >= 0.3 is 0 Å². The molecule has 0 radical (unpaired) electrons. The summed E-state index contributed by atoms with van der Waals surface area (Å²) < 4.78 is 0. The average molecular weight is 148 g/mol. The fourth-order valence-corrected chi connectivity index (χ4v) is 0.819. The van der Waals surface area contributed by atoms with Gasteiger partial charge in [0.25, 0.3) is 0 Å². The minimum atomic E-state index is 0.120. The highest BCUT2D eigenvalue weighted by Gasteiger charge is 1.96. The van der Waals surface area contributed by atoms with Gasteiger partial charge in [0.2, 0.25) is 0 Å². The first-order valence-electron chi connectivity index (χ1n) is 3.12. The summed E-state index contributed by atoms with van der Waals surface area (Å²) in [5, 5.41) is 22.9. The minimum absolute atomic E-state index is 0.120. The molecule has 3 nitrogen and oxygen atoms in total. The highest BCUT2D eigenvalue weighted by molar-refractivity contribution is 5.92. The molecule has 1 aromatic carbocycles. The monoisotopic (exact) mass is 148 g/mol. The second-order valence-electron chi connectivity index (χ2n) is 2.10. The smallest absolute Gasteiger partial charge is 0.116 e. The van der Waals surface area contributed by atoms with Gasteiger partial charge in [0.05, 0.1) is 0 Å². The van der Waals surface area contributed by atoms with Gasteiger partial charge in [0.1, 0.15) is 5.75 Å². The van der Waals surface area contributed by atoms with E-state index >= 15 is 0 Å². The molecule has 3 N–H and O–H groups in total. The second kappa shape index (κ2) is 2.96. The van der Waals surface area contributed by atoms with E-state index in [9.17, 15) is 0 Å². The van der Waals surface area contributed by atoms with Crippen LogP contribution in [0.3, 0.4) is 0 Å². The number of hydrogen-bond donors (Lipinski definition) is 3. The van der Waals surface area contributed by atoms with Gasteiger partial charge in [-0.2, -0.15) is 0 Å². The van der Waals surface area contributed by atoms with Crippen molar-refractivity contribution in [1.82, 2.24) is 0 Å². The van der Waals surface area contributed by atoms with Gasteiger partial charge < -0.3 is 15.9 Å². The maximum atomic E-state index is 8.99. The Kier molecular flexibility index (Phi) is 2.01. The summed E-state index contributed by atoms with van der Waals surface area (Å²) in [5.41, 5.74) is 1.19. The molecule has 0 fully saturated rings. The molecular formula is C8H8N2O. The normalized spacial score (nSPS) is 9.09. The lowest BCUT2D eigenvalue weighted by atomic mass is 10.1. The van der Waals surface area contributed by atoms with Crippen LogP contribution in [0, 0.1) is 10.8 Å². The molecule has 0 spiro atoms. The number of phenolic OH excluding ortho intramolecular Hbond substituents is 1. The number of benzene rings is 1. The molecule has 0 atom stereocenters. The van der Waals surface area contributed by atoms with Gasteiger partial charge in [-0.25, -0.2) is 0 Å². The number of nitrogens with one attached hydrogen (secondary N) is 2. The van der Waals surface area contributed by atoms with Crippen LogP contribution in [0.4, 0.5) is 0 Å². The molecule has 0 aliphatic heterocycles. The van der Waals surface area contributed by atoms with E-state index in [0.717, 1.165) is 12.4 Å². The zero-order valence-electron chi connectivity index (χ0n) is 5.83. The van der Waals surface area contributed by atoms with E-state index in [4.69, 9.17) is 15.9 Å². The molecule has 0 bridgehead atoms. The molecule has 0 amide bonds. The average Bonchev–Trinajstić information content (AvgIpc) is 2.04. The summed E-state index contributed by atoms with van der Waals surface area (Å²) in [4.78, 5) is 0. The summed E-state index contributed by atoms with van der Waals surface area (Å²) >= 11 is 0. The Morgan fingerprint density at radius 2 is 1.73 bits per heavy atom. The lowest BCUT2D eigenvalue weighted by molar-refractivity contribution is 0.475. The van der Waals surface area contributed by atoms with E-state index in [-0.39, 0.29) is 5.75 Å². The van der Waals surface area contributed by atoms with Crippen molar-refractivity contribution >= 4 is 12.4 Å². The summed E-state index contributed by atoms with van der Waals surface area (Å²) in [7, 11) is 0. The van der Waals surface area contributed by atoms with E-state index < -0.39 is 0 Å². The first kappa shape index (κ1) is 7.47. The Bertz CT molecular complexity index is 294. The van der Waals surface area contributed by atoms with Crippen LogP contribution >= 0.6 is 0 Å². The standard InChI is InChI=1S/C8H8N2O/c9-4-6-1-2-8(11)3-7(6)5-10/h1-5,9-11H. The first-order chi connectivity index (χ1) is 5.27. The Hall–Kier alpha value is -1.64. The molecule has 1 aromatic rings. The molecule has 0 unspecified atom stereocenters. The fourth-order valence-electron chi connectivity index (χ4n) is 0.819. The van der Waals surface area contributed by atoms with Gasteiger partial charge in [0, 0.05) is 23.6 Å². The van der Waals surface area contributed by atoms with Crippen LogP contribution in [-0.2, 0) is 0 Å². The van der Waals surface area contributed by atoms with Crippen LogP contribution < -0.4 is 0 Å². The lowest BCUT2D eigenvalue weighted by Crippen LogP contribution is -1.88. The third kappa shape index (κ3) is 1.43. The van der Waals surface area contributed by atoms with Crippen molar-refractivity contribution in [2.75, 3.05) is 0 Å². The van der Waals surface area contributed by atoms with Crippen LogP contribution in [0.2, 0.25) is 0 Å². The first-order valence-corrected chi connectivity index (χ1v) is 3.12. The molecule has 1 rings (SSSR count). The summed E-state index contributed by atoms with van der Waals surface area (Å²) in [5.74, 6) is 0.120. The molecule has 0 aliphatic carbocycles. The quantitative estimate of drug-likeness (QED) is 0.545. The van der Waals surface area contributed by atoms with Crippen molar-refractivity contribution in [1.29, 1.82) is 10.8 Å². The van der Waals surface area contributed by atoms with Gasteiger partial charge in [0.15, 0.2) is 0 Å². The second-order valence-corrected chi connectivity index (χ2v) is 2.10. The third-order valence-corrected chi connectivity index (χ3v) is 1.38. The molecule has 56 valence electrons. The summed E-state index contributed by atoms with van der Waals surface area (Å²) in [6.07, 6.45) is 2.26. The van der Waals surface area contributed by atoms with Crippen molar-refractivity contribution < 1.29 is 5.11 Å². The van der Waals surface area contributed by atoms with Crippen molar-refractivity contribution in [3.63, 3.8) is 0 Å². The highest BCUT2D eigenvalue weighted by Crippen LogP contribution is 2.12. The SMILES string of the molecule is N=Cc1ccc(O)cc1C=N. The van der Waals surface area contributed by atoms with Crippen LogP contribution in [0.1, 0.15) is 11.1 Å². The zero-order chi connectivity index (χ0) is 8.27. The molecule has 0 heterocycles. The van der Waals surface area contributed by atoms with Gasteiger partial charge in [-0.1, -0.05) is 0 Å². The molecule has 11 heavy (non-hydrogen) atoms. The summed E-state index contributed by atoms with van der Waals surface area (Å²) in [6.45, 7) is 0. The number of hydrogen-bond acceptors (Lipinski definition) is 3. The number of rotatable bonds is 2. The van der Waals surface area contributed by atoms with Crippen molar-refractivity contribution in [2.24, 2.45) is 0 Å². The largest absolute Gasteiger partial charge is 0.508 e.